The number of carbonyl (C=O) groups is 1. The van der Waals surface area contributed by atoms with Crippen LogP contribution in [0.15, 0.2) is 63.8 Å². The number of esters is 1. The van der Waals surface area contributed by atoms with E-state index in [-0.39, 0.29) is 23.4 Å². The van der Waals surface area contributed by atoms with Gasteiger partial charge in [-0.2, -0.15) is 0 Å². The molecule has 1 aromatic heterocycles. The Morgan fingerprint density at radius 1 is 1.08 bits per heavy atom. The topological polar surface area (TPSA) is 114 Å². The van der Waals surface area contributed by atoms with Gasteiger partial charge in [-0.3, -0.25) is 0 Å². The molecule has 0 unspecified atom stereocenters. The third-order valence-corrected chi connectivity index (χ3v) is 3.21. The highest BCUT2D eigenvalue weighted by Crippen LogP contribution is 2.17. The van der Waals surface area contributed by atoms with Gasteiger partial charge in [0.25, 0.3) is 0 Å². The lowest BCUT2D eigenvalue weighted by atomic mass is 10.1. The molecule has 0 saturated heterocycles. The molecule has 0 bridgehead atoms. The van der Waals surface area contributed by atoms with Crippen LogP contribution in [-0.2, 0) is 6.54 Å². The maximum Gasteiger partial charge on any atom is 0.351 e. The van der Waals surface area contributed by atoms with Gasteiger partial charge in [-0.15, -0.1) is 12.4 Å². The van der Waals surface area contributed by atoms with Crippen LogP contribution in [0.5, 0.6) is 5.75 Å². The van der Waals surface area contributed by atoms with Crippen molar-refractivity contribution in [1.82, 2.24) is 0 Å². The average Bonchev–Trinajstić information content (AvgIpc) is 2.54. The molecule has 2 aromatic carbocycles. The van der Waals surface area contributed by atoms with E-state index in [1.165, 1.54) is 6.07 Å². The largest absolute Gasteiger partial charge is 0.423 e. The van der Waals surface area contributed by atoms with Gasteiger partial charge in [0.1, 0.15) is 16.9 Å². The van der Waals surface area contributed by atoms with Crippen LogP contribution in [0.2, 0.25) is 0 Å². The maximum atomic E-state index is 12.1. The normalized spacial score (nSPS) is 9.71. The molecule has 3 rings (SSSR count). The first-order chi connectivity index (χ1) is 10.7. The molecule has 126 valence electrons. The predicted molar refractivity (Wildman–Crippen MR) is 92.6 cm³/mol. The first-order valence-electron chi connectivity index (χ1n) is 6.71. The molecule has 1 heterocycles. The van der Waals surface area contributed by atoms with Gasteiger partial charge in [0.05, 0.1) is 0 Å². The molecule has 4 N–H and O–H groups in total. The summed E-state index contributed by atoms with van der Waals surface area (Å²) in [7, 11) is 0. The van der Waals surface area contributed by atoms with E-state index >= 15 is 0 Å². The van der Waals surface area contributed by atoms with Crippen molar-refractivity contribution < 1.29 is 19.4 Å². The average molecular weight is 350 g/mol. The lowest BCUT2D eigenvalue weighted by molar-refractivity contribution is 0.0730. The minimum absolute atomic E-state index is 0. The Balaban J connectivity index is 0.00000144. The summed E-state index contributed by atoms with van der Waals surface area (Å²) in [6, 6.07) is 15.2. The number of rotatable bonds is 3. The second kappa shape index (κ2) is 8.26. The van der Waals surface area contributed by atoms with Crippen molar-refractivity contribution in [2.24, 2.45) is 5.73 Å². The quantitative estimate of drug-likeness (QED) is 0.441. The van der Waals surface area contributed by atoms with Crippen molar-refractivity contribution in [3.8, 4) is 5.75 Å². The van der Waals surface area contributed by atoms with Gasteiger partial charge < -0.3 is 20.4 Å². The monoisotopic (exact) mass is 349 g/mol. The van der Waals surface area contributed by atoms with Crippen molar-refractivity contribution in [3.63, 3.8) is 0 Å². The first-order valence-corrected chi connectivity index (χ1v) is 6.71. The molecular weight excluding hydrogens is 334 g/mol. The maximum absolute atomic E-state index is 12.1. The molecule has 24 heavy (non-hydrogen) atoms. The second-order valence-corrected chi connectivity index (χ2v) is 4.73. The van der Waals surface area contributed by atoms with Gasteiger partial charge in [0, 0.05) is 11.9 Å². The van der Waals surface area contributed by atoms with E-state index in [9.17, 15) is 9.59 Å². The van der Waals surface area contributed by atoms with Crippen LogP contribution in [0, 0.1) is 0 Å². The Labute approximate surface area is 143 Å². The van der Waals surface area contributed by atoms with Crippen LogP contribution in [0.3, 0.4) is 0 Å². The molecular formula is C17H16ClNO5. The lowest BCUT2D eigenvalue weighted by Gasteiger charge is -2.05. The number of benzene rings is 2. The first kappa shape index (κ1) is 19.4. The smallest absolute Gasteiger partial charge is 0.351 e. The zero-order chi connectivity index (χ0) is 15.5. The van der Waals surface area contributed by atoms with Crippen molar-refractivity contribution in [2.75, 3.05) is 0 Å². The van der Waals surface area contributed by atoms with Gasteiger partial charge >= 0.3 is 11.6 Å². The Hall–Kier alpha value is -2.67. The van der Waals surface area contributed by atoms with Crippen molar-refractivity contribution in [2.45, 2.75) is 6.54 Å². The molecule has 0 amide bonds. The highest BCUT2D eigenvalue weighted by molar-refractivity contribution is 5.94. The van der Waals surface area contributed by atoms with Gasteiger partial charge in [-0.1, -0.05) is 24.3 Å². The molecule has 0 radical (unpaired) electrons. The van der Waals surface area contributed by atoms with Crippen LogP contribution >= 0.6 is 12.4 Å². The van der Waals surface area contributed by atoms with Crippen LogP contribution in [0.1, 0.15) is 15.9 Å². The minimum atomic E-state index is -0.750. The third-order valence-electron chi connectivity index (χ3n) is 3.21. The molecule has 0 aliphatic carbocycles. The molecule has 0 aliphatic rings. The summed E-state index contributed by atoms with van der Waals surface area (Å²) in [4.78, 5) is 24.1. The minimum Gasteiger partial charge on any atom is -0.423 e. The highest BCUT2D eigenvalue weighted by atomic mass is 35.5. The third kappa shape index (κ3) is 3.99. The molecule has 3 aromatic rings. The fraction of sp³-hybridized carbons (Fsp3) is 0.0588. The van der Waals surface area contributed by atoms with Crippen LogP contribution in [-0.4, -0.2) is 11.4 Å². The van der Waals surface area contributed by atoms with Crippen LogP contribution in [0.4, 0.5) is 0 Å². The summed E-state index contributed by atoms with van der Waals surface area (Å²) in [6.07, 6.45) is 0. The number of halogens is 1. The van der Waals surface area contributed by atoms with E-state index in [4.69, 9.17) is 14.9 Å². The second-order valence-electron chi connectivity index (χ2n) is 4.73. The fourth-order valence-corrected chi connectivity index (χ4v) is 2.09. The van der Waals surface area contributed by atoms with E-state index in [0.717, 1.165) is 5.56 Å². The number of hydrogen-bond acceptors (Lipinski definition) is 5. The number of para-hydroxylation sites is 1. The summed E-state index contributed by atoms with van der Waals surface area (Å²) in [5, 5.41) is 0.627. The van der Waals surface area contributed by atoms with Crippen LogP contribution in [0.25, 0.3) is 11.0 Å². The van der Waals surface area contributed by atoms with Crippen LogP contribution < -0.4 is 16.1 Å². The zero-order valence-electron chi connectivity index (χ0n) is 12.5. The predicted octanol–water partition coefficient (Wildman–Crippen LogP) is 2.07. The summed E-state index contributed by atoms with van der Waals surface area (Å²) in [5.41, 5.74) is 5.99. The van der Waals surface area contributed by atoms with E-state index in [2.05, 4.69) is 0 Å². The Kier molecular flexibility index (Phi) is 6.67. The Morgan fingerprint density at radius 3 is 2.46 bits per heavy atom. The SMILES string of the molecule is Cl.NCc1ccc2oc(=O)c(C(=O)Oc3ccccc3)cc2c1.O. The van der Waals surface area contributed by atoms with E-state index < -0.39 is 11.6 Å². The molecule has 7 heteroatoms. The molecule has 0 fully saturated rings. The summed E-state index contributed by atoms with van der Waals surface area (Å²) in [5.74, 6) is -0.386. The molecule has 0 atom stereocenters. The number of ether oxygens (including phenoxy) is 1. The van der Waals surface area contributed by atoms with E-state index in [1.54, 1.807) is 48.5 Å². The zero-order valence-corrected chi connectivity index (χ0v) is 13.3. The van der Waals surface area contributed by atoms with Crippen molar-refractivity contribution in [3.05, 3.63) is 76.1 Å². The van der Waals surface area contributed by atoms with E-state index in [0.29, 0.717) is 23.3 Å². The summed E-state index contributed by atoms with van der Waals surface area (Å²) < 4.78 is 10.3. The van der Waals surface area contributed by atoms with Gasteiger partial charge in [0.15, 0.2) is 0 Å². The molecule has 0 saturated carbocycles. The van der Waals surface area contributed by atoms with Gasteiger partial charge in [0.2, 0.25) is 0 Å². The number of hydrogen-bond donors (Lipinski definition) is 1. The summed E-state index contributed by atoms with van der Waals surface area (Å²) >= 11 is 0. The molecule has 0 aliphatic heterocycles. The Morgan fingerprint density at radius 2 is 1.79 bits per heavy atom. The van der Waals surface area contributed by atoms with Gasteiger partial charge in [-0.25, -0.2) is 9.59 Å². The standard InChI is InChI=1S/C17H13NO4.ClH.H2O/c18-10-11-6-7-15-12(8-11)9-14(17(20)22-15)16(19)21-13-4-2-1-3-5-13;;/h1-9H,10,18H2;1H;1H2. The van der Waals surface area contributed by atoms with E-state index in [1.807, 2.05) is 0 Å². The lowest BCUT2D eigenvalue weighted by Crippen LogP contribution is -2.18. The fourth-order valence-electron chi connectivity index (χ4n) is 2.09. The summed E-state index contributed by atoms with van der Waals surface area (Å²) in [6.45, 7) is 0.360. The van der Waals surface area contributed by atoms with Crippen molar-refractivity contribution in [1.29, 1.82) is 0 Å². The molecule has 0 spiro atoms. The number of fused-ring (bicyclic) bond motifs is 1. The van der Waals surface area contributed by atoms with Crippen molar-refractivity contribution >= 4 is 29.3 Å². The Bertz CT molecular complexity index is 892. The van der Waals surface area contributed by atoms with Gasteiger partial charge in [-0.05, 0) is 35.9 Å². The molecule has 6 nitrogen and oxygen atoms in total. The number of carbonyl (C=O) groups excluding carboxylic acids is 1. The highest BCUT2D eigenvalue weighted by Gasteiger charge is 2.16. The number of nitrogens with two attached hydrogens (primary N) is 1.